The van der Waals surface area contributed by atoms with Gasteiger partial charge >= 0.3 is 0 Å². The van der Waals surface area contributed by atoms with Crippen LogP contribution in [0.4, 0.5) is 0 Å². The largest absolute Gasteiger partial charge is 0.0844 e. The third-order valence-corrected chi connectivity index (χ3v) is 4.32. The molecule has 82 valence electrons. The van der Waals surface area contributed by atoms with Gasteiger partial charge in [0.1, 0.15) is 0 Å². The fourth-order valence-electron chi connectivity index (χ4n) is 3.02. The minimum Gasteiger partial charge on any atom is -0.0844 e. The first-order valence-electron chi connectivity index (χ1n) is 6.13. The molecule has 0 fully saturated rings. The van der Waals surface area contributed by atoms with Crippen molar-refractivity contribution in [3.8, 4) is 0 Å². The number of allylic oxidation sites excluding steroid dienone is 6. The van der Waals surface area contributed by atoms with Crippen LogP contribution in [0.5, 0.6) is 0 Å². The number of rotatable bonds is 1. The second-order valence-electron chi connectivity index (χ2n) is 5.40. The highest BCUT2D eigenvalue weighted by Crippen LogP contribution is 2.48. The lowest BCUT2D eigenvalue weighted by Crippen LogP contribution is -2.34. The Morgan fingerprint density at radius 3 is 2.87 bits per heavy atom. The predicted octanol–water partition coefficient (Wildman–Crippen LogP) is 4.50. The van der Waals surface area contributed by atoms with Gasteiger partial charge in [0.25, 0.3) is 0 Å². The minimum atomic E-state index is 0.374. The second kappa shape index (κ2) is 3.66. The second-order valence-corrected chi connectivity index (χ2v) is 5.40. The Morgan fingerprint density at radius 1 is 1.47 bits per heavy atom. The normalized spacial score (nSPS) is 39.5. The van der Waals surface area contributed by atoms with Gasteiger partial charge in [-0.2, -0.15) is 0 Å². The molecule has 0 spiro atoms. The van der Waals surface area contributed by atoms with Crippen LogP contribution in [-0.2, 0) is 0 Å². The summed E-state index contributed by atoms with van der Waals surface area (Å²) >= 11 is 0. The van der Waals surface area contributed by atoms with Gasteiger partial charge in [-0.25, -0.2) is 0 Å². The van der Waals surface area contributed by atoms with Crippen molar-refractivity contribution in [2.75, 3.05) is 0 Å². The summed E-state index contributed by atoms with van der Waals surface area (Å²) in [5, 5.41) is 0. The van der Waals surface area contributed by atoms with E-state index in [2.05, 4.69) is 52.0 Å². The van der Waals surface area contributed by atoms with Gasteiger partial charge in [-0.05, 0) is 37.0 Å². The van der Waals surface area contributed by atoms with Gasteiger partial charge in [0.15, 0.2) is 0 Å². The lowest BCUT2D eigenvalue weighted by atomic mass is 9.61. The van der Waals surface area contributed by atoms with Crippen LogP contribution in [0, 0.1) is 17.3 Å². The number of hydrogen-bond acceptors (Lipinski definition) is 0. The Balaban J connectivity index is 2.36. The van der Waals surface area contributed by atoms with Crippen molar-refractivity contribution in [3.05, 3.63) is 35.5 Å². The van der Waals surface area contributed by atoms with Crippen LogP contribution >= 0.6 is 0 Å². The fraction of sp³-hybridized carbons (Fsp3) is 0.600. The smallest absolute Gasteiger partial charge is 0.00377 e. The van der Waals surface area contributed by atoms with Crippen LogP contribution in [0.1, 0.15) is 40.5 Å². The van der Waals surface area contributed by atoms with Gasteiger partial charge in [0.2, 0.25) is 0 Å². The molecule has 2 aliphatic rings. The SMILES string of the molecule is CCC1=CC2(C)CC=C(C)C(C)C2C=C1. The topological polar surface area (TPSA) is 0 Å². The highest BCUT2D eigenvalue weighted by Gasteiger charge is 2.38. The van der Waals surface area contributed by atoms with E-state index in [0.29, 0.717) is 17.3 Å². The number of hydrogen-bond donors (Lipinski definition) is 0. The molecule has 0 heterocycles. The Hall–Kier alpha value is -0.780. The zero-order chi connectivity index (χ0) is 11.1. The summed E-state index contributed by atoms with van der Waals surface area (Å²) in [5.41, 5.74) is 3.45. The molecule has 0 aromatic rings. The molecule has 0 radical (unpaired) electrons. The first kappa shape index (κ1) is 10.7. The monoisotopic (exact) mass is 202 g/mol. The molecule has 0 aliphatic heterocycles. The maximum Gasteiger partial charge on any atom is -0.00377 e. The van der Waals surface area contributed by atoms with Gasteiger partial charge in [-0.15, -0.1) is 0 Å². The molecule has 0 heteroatoms. The highest BCUT2D eigenvalue weighted by molar-refractivity contribution is 5.33. The first-order chi connectivity index (χ1) is 7.07. The molecule has 0 aromatic heterocycles. The zero-order valence-electron chi connectivity index (χ0n) is 10.4. The molecule has 3 atom stereocenters. The van der Waals surface area contributed by atoms with E-state index < -0.39 is 0 Å². The van der Waals surface area contributed by atoms with Crippen molar-refractivity contribution in [2.24, 2.45) is 17.3 Å². The summed E-state index contributed by atoms with van der Waals surface area (Å²) in [6.07, 6.45) is 12.1. The van der Waals surface area contributed by atoms with Gasteiger partial charge in [0.05, 0.1) is 0 Å². The van der Waals surface area contributed by atoms with Crippen molar-refractivity contribution < 1.29 is 0 Å². The molecule has 2 aliphatic carbocycles. The van der Waals surface area contributed by atoms with Crippen molar-refractivity contribution in [2.45, 2.75) is 40.5 Å². The summed E-state index contributed by atoms with van der Waals surface area (Å²) in [4.78, 5) is 0. The van der Waals surface area contributed by atoms with Crippen LogP contribution in [0.2, 0.25) is 0 Å². The van der Waals surface area contributed by atoms with E-state index in [-0.39, 0.29) is 0 Å². The van der Waals surface area contributed by atoms with E-state index in [0.717, 1.165) is 6.42 Å². The summed E-state index contributed by atoms with van der Waals surface area (Å²) in [7, 11) is 0. The van der Waals surface area contributed by atoms with Gasteiger partial charge < -0.3 is 0 Å². The lowest BCUT2D eigenvalue weighted by molar-refractivity contribution is 0.231. The van der Waals surface area contributed by atoms with Gasteiger partial charge in [-0.1, -0.05) is 56.2 Å². The molecular formula is C15H22. The van der Waals surface area contributed by atoms with Crippen LogP contribution in [0.3, 0.4) is 0 Å². The average Bonchev–Trinajstić information content (AvgIpc) is 2.23. The van der Waals surface area contributed by atoms with E-state index in [9.17, 15) is 0 Å². The maximum atomic E-state index is 2.51. The number of fused-ring (bicyclic) bond motifs is 1. The molecule has 0 aromatic carbocycles. The fourth-order valence-corrected chi connectivity index (χ4v) is 3.02. The van der Waals surface area contributed by atoms with E-state index in [1.165, 1.54) is 12.0 Å². The molecule has 15 heavy (non-hydrogen) atoms. The molecule has 0 N–H and O–H groups in total. The predicted molar refractivity (Wildman–Crippen MR) is 66.6 cm³/mol. The Labute approximate surface area is 93.8 Å². The molecule has 0 saturated carbocycles. The summed E-state index contributed by atoms with van der Waals surface area (Å²) in [6, 6.07) is 0. The summed E-state index contributed by atoms with van der Waals surface area (Å²) in [5.74, 6) is 1.41. The molecule has 3 unspecified atom stereocenters. The quantitative estimate of drug-likeness (QED) is 0.549. The van der Waals surface area contributed by atoms with Crippen LogP contribution in [-0.4, -0.2) is 0 Å². The lowest BCUT2D eigenvalue weighted by Gasteiger charge is -2.43. The van der Waals surface area contributed by atoms with Crippen LogP contribution in [0.15, 0.2) is 35.5 Å². The highest BCUT2D eigenvalue weighted by atomic mass is 14.4. The van der Waals surface area contributed by atoms with Crippen molar-refractivity contribution in [3.63, 3.8) is 0 Å². The Morgan fingerprint density at radius 2 is 2.20 bits per heavy atom. The molecular weight excluding hydrogens is 180 g/mol. The van der Waals surface area contributed by atoms with E-state index >= 15 is 0 Å². The van der Waals surface area contributed by atoms with Crippen molar-refractivity contribution in [1.82, 2.24) is 0 Å². The third-order valence-electron chi connectivity index (χ3n) is 4.32. The molecule has 2 rings (SSSR count). The summed E-state index contributed by atoms with van der Waals surface area (Å²) < 4.78 is 0. The zero-order valence-corrected chi connectivity index (χ0v) is 10.4. The standard InChI is InChI=1S/C15H22/c1-5-13-6-7-14-12(3)11(2)8-9-15(14,4)10-13/h6-8,10,12,14H,5,9H2,1-4H3. The van der Waals surface area contributed by atoms with Gasteiger partial charge in [-0.3, -0.25) is 0 Å². The van der Waals surface area contributed by atoms with E-state index in [1.54, 1.807) is 5.57 Å². The van der Waals surface area contributed by atoms with Crippen LogP contribution in [0.25, 0.3) is 0 Å². The van der Waals surface area contributed by atoms with E-state index in [1.807, 2.05) is 0 Å². The van der Waals surface area contributed by atoms with E-state index in [4.69, 9.17) is 0 Å². The molecule has 0 bridgehead atoms. The molecule has 0 saturated heterocycles. The van der Waals surface area contributed by atoms with Crippen molar-refractivity contribution in [1.29, 1.82) is 0 Å². The van der Waals surface area contributed by atoms with Crippen molar-refractivity contribution >= 4 is 0 Å². The first-order valence-corrected chi connectivity index (χ1v) is 6.13. The third kappa shape index (κ3) is 1.71. The Bertz CT molecular complexity index is 343. The molecule has 0 nitrogen and oxygen atoms in total. The minimum absolute atomic E-state index is 0.374. The Kier molecular flexibility index (Phi) is 2.62. The molecule has 0 amide bonds. The maximum absolute atomic E-state index is 2.51. The average molecular weight is 202 g/mol. The summed E-state index contributed by atoms with van der Waals surface area (Å²) in [6.45, 7) is 9.30. The van der Waals surface area contributed by atoms with Crippen LogP contribution < -0.4 is 0 Å². The van der Waals surface area contributed by atoms with Gasteiger partial charge in [0, 0.05) is 0 Å².